The molecule has 0 radical (unpaired) electrons. The molecule has 4 nitrogen and oxygen atoms in total. The van der Waals surface area contributed by atoms with Gasteiger partial charge < -0.3 is 14.9 Å². The maximum atomic E-state index is 12.8. The summed E-state index contributed by atoms with van der Waals surface area (Å²) in [6.45, 7) is 7.22. The van der Waals surface area contributed by atoms with Crippen molar-refractivity contribution < 1.29 is 19.7 Å². The Labute approximate surface area is 135 Å². The molecule has 0 heterocycles. The van der Waals surface area contributed by atoms with Gasteiger partial charge in [0.05, 0.1) is 24.2 Å². The highest BCUT2D eigenvalue weighted by Gasteiger charge is 2.47. The van der Waals surface area contributed by atoms with Gasteiger partial charge in [-0.25, -0.2) is 0 Å². The van der Waals surface area contributed by atoms with E-state index in [2.05, 4.69) is 0 Å². The average molecular weight is 314 g/mol. The first-order valence-corrected chi connectivity index (χ1v) is 7.77. The van der Waals surface area contributed by atoms with Gasteiger partial charge in [-0.1, -0.05) is 20.8 Å². The molecule has 0 fully saturated rings. The standard InChI is InChI=1S/C19H22O4/c1-9-6-12(23-5)7-11-8-13-10(2)17(21)19(3,4)18(22)15(13)16(20)14(9)11/h6-8,10,17,20-21H,1-5H3/t10-,17-/m1/s1. The highest BCUT2D eigenvalue weighted by Crippen LogP contribution is 2.48. The second kappa shape index (κ2) is 4.96. The van der Waals surface area contributed by atoms with E-state index in [9.17, 15) is 15.0 Å². The van der Waals surface area contributed by atoms with Crippen LogP contribution in [0.2, 0.25) is 0 Å². The molecule has 4 heteroatoms. The molecule has 2 aromatic rings. The minimum atomic E-state index is -0.919. The summed E-state index contributed by atoms with van der Waals surface area (Å²) in [7, 11) is 1.59. The number of carbonyl (C=O) groups excluding carboxylic acids is 1. The first kappa shape index (κ1) is 15.8. The first-order chi connectivity index (χ1) is 10.7. The van der Waals surface area contributed by atoms with Gasteiger partial charge in [-0.2, -0.15) is 0 Å². The Kier molecular flexibility index (Phi) is 3.41. The number of carbonyl (C=O) groups is 1. The Morgan fingerprint density at radius 3 is 2.48 bits per heavy atom. The predicted octanol–water partition coefficient (Wildman–Crippen LogP) is 3.55. The van der Waals surface area contributed by atoms with Gasteiger partial charge in [-0.05, 0) is 41.6 Å². The lowest BCUT2D eigenvalue weighted by atomic mass is 9.66. The number of Topliss-reactive ketones (excluding diaryl/α,β-unsaturated/α-hetero) is 1. The van der Waals surface area contributed by atoms with Crippen LogP contribution in [0.15, 0.2) is 18.2 Å². The van der Waals surface area contributed by atoms with Gasteiger partial charge in [-0.3, -0.25) is 4.79 Å². The number of fused-ring (bicyclic) bond motifs is 2. The van der Waals surface area contributed by atoms with Crippen molar-refractivity contribution in [2.24, 2.45) is 5.41 Å². The van der Waals surface area contributed by atoms with Crippen LogP contribution < -0.4 is 4.74 Å². The van der Waals surface area contributed by atoms with E-state index in [0.717, 1.165) is 10.9 Å². The summed E-state index contributed by atoms with van der Waals surface area (Å²) in [6.07, 6.45) is -0.786. The first-order valence-electron chi connectivity index (χ1n) is 7.77. The molecule has 122 valence electrons. The molecule has 0 saturated heterocycles. The number of phenolic OH excluding ortho intramolecular Hbond substituents is 1. The molecule has 0 spiro atoms. The highest BCUT2D eigenvalue weighted by molar-refractivity contribution is 6.10. The normalized spacial score (nSPS) is 23.0. The third-order valence-corrected chi connectivity index (χ3v) is 5.16. The third kappa shape index (κ3) is 2.05. The number of aliphatic hydroxyl groups excluding tert-OH is 1. The van der Waals surface area contributed by atoms with E-state index in [1.807, 2.05) is 32.0 Å². The molecule has 2 atom stereocenters. The average Bonchev–Trinajstić information content (AvgIpc) is 2.50. The van der Waals surface area contributed by atoms with Crippen molar-refractivity contribution in [3.05, 3.63) is 34.9 Å². The zero-order valence-corrected chi connectivity index (χ0v) is 14.1. The van der Waals surface area contributed by atoms with E-state index in [-0.39, 0.29) is 17.5 Å². The second-order valence-electron chi connectivity index (χ2n) is 7.02. The summed E-state index contributed by atoms with van der Waals surface area (Å²) in [5, 5.41) is 22.8. The van der Waals surface area contributed by atoms with Crippen molar-refractivity contribution in [1.82, 2.24) is 0 Å². The maximum absolute atomic E-state index is 12.8. The van der Waals surface area contributed by atoms with Gasteiger partial charge in [0.25, 0.3) is 0 Å². The summed E-state index contributed by atoms with van der Waals surface area (Å²) in [6, 6.07) is 5.57. The molecular formula is C19H22O4. The minimum absolute atomic E-state index is 0.00878. The lowest BCUT2D eigenvalue weighted by Crippen LogP contribution is -2.45. The largest absolute Gasteiger partial charge is 0.507 e. The molecule has 0 aliphatic heterocycles. The number of hydrogen-bond acceptors (Lipinski definition) is 4. The number of aromatic hydroxyl groups is 1. The van der Waals surface area contributed by atoms with Crippen LogP contribution in [0, 0.1) is 12.3 Å². The lowest BCUT2D eigenvalue weighted by Gasteiger charge is -2.39. The molecule has 23 heavy (non-hydrogen) atoms. The Balaban J connectivity index is 2.41. The molecule has 2 aromatic carbocycles. The molecule has 3 rings (SSSR count). The zero-order valence-electron chi connectivity index (χ0n) is 14.1. The summed E-state index contributed by atoms with van der Waals surface area (Å²) in [5.74, 6) is 0.256. The summed E-state index contributed by atoms with van der Waals surface area (Å²) in [4.78, 5) is 12.8. The van der Waals surface area contributed by atoms with E-state index < -0.39 is 11.5 Å². The van der Waals surface area contributed by atoms with Crippen molar-refractivity contribution in [2.45, 2.75) is 39.7 Å². The molecular weight excluding hydrogens is 292 g/mol. The van der Waals surface area contributed by atoms with Gasteiger partial charge in [0.2, 0.25) is 0 Å². The number of methoxy groups -OCH3 is 1. The number of rotatable bonds is 1. The van der Waals surface area contributed by atoms with E-state index in [0.29, 0.717) is 22.3 Å². The Bertz CT molecular complexity index is 820. The molecule has 0 bridgehead atoms. The van der Waals surface area contributed by atoms with E-state index in [4.69, 9.17) is 4.74 Å². The van der Waals surface area contributed by atoms with Crippen molar-refractivity contribution >= 4 is 16.6 Å². The predicted molar refractivity (Wildman–Crippen MR) is 89.4 cm³/mol. The molecule has 0 aromatic heterocycles. The summed E-state index contributed by atoms with van der Waals surface area (Å²) >= 11 is 0. The molecule has 1 aliphatic carbocycles. The summed E-state index contributed by atoms with van der Waals surface area (Å²) in [5.41, 5.74) is 0.967. The Morgan fingerprint density at radius 2 is 1.87 bits per heavy atom. The van der Waals surface area contributed by atoms with Crippen LogP contribution in [0.1, 0.15) is 48.2 Å². The highest BCUT2D eigenvalue weighted by atomic mass is 16.5. The Morgan fingerprint density at radius 1 is 1.22 bits per heavy atom. The fraction of sp³-hybridized carbons (Fsp3) is 0.421. The number of aryl methyl sites for hydroxylation is 1. The van der Waals surface area contributed by atoms with E-state index in [1.165, 1.54) is 0 Å². The number of aliphatic hydroxyl groups is 1. The molecule has 1 aliphatic rings. The number of ketones is 1. The molecule has 2 N–H and O–H groups in total. The van der Waals surface area contributed by atoms with Gasteiger partial charge in [0, 0.05) is 11.3 Å². The summed E-state index contributed by atoms with van der Waals surface area (Å²) < 4.78 is 5.29. The maximum Gasteiger partial charge on any atom is 0.175 e. The fourth-order valence-corrected chi connectivity index (χ4v) is 3.69. The SMILES string of the molecule is COc1cc(C)c2c(O)c3c(cc2c1)[C@@H](C)[C@@H](O)C(C)(C)C3=O. The number of hydrogen-bond donors (Lipinski definition) is 2. The van der Waals surface area contributed by atoms with Gasteiger partial charge >= 0.3 is 0 Å². The van der Waals surface area contributed by atoms with Crippen molar-refractivity contribution in [1.29, 1.82) is 0 Å². The van der Waals surface area contributed by atoms with Crippen LogP contribution in [0.5, 0.6) is 11.5 Å². The van der Waals surface area contributed by atoms with Crippen molar-refractivity contribution in [3.63, 3.8) is 0 Å². The topological polar surface area (TPSA) is 66.8 Å². The quantitative estimate of drug-likeness (QED) is 0.845. The van der Waals surface area contributed by atoms with Gasteiger partial charge in [-0.15, -0.1) is 0 Å². The smallest absolute Gasteiger partial charge is 0.175 e. The van der Waals surface area contributed by atoms with Crippen LogP contribution in [0.4, 0.5) is 0 Å². The minimum Gasteiger partial charge on any atom is -0.507 e. The Hall–Kier alpha value is -2.07. The van der Waals surface area contributed by atoms with E-state index >= 15 is 0 Å². The van der Waals surface area contributed by atoms with Crippen LogP contribution in [-0.2, 0) is 0 Å². The number of ether oxygens (including phenoxy) is 1. The van der Waals surface area contributed by atoms with Crippen LogP contribution >= 0.6 is 0 Å². The van der Waals surface area contributed by atoms with Crippen LogP contribution in [0.25, 0.3) is 10.8 Å². The van der Waals surface area contributed by atoms with E-state index in [1.54, 1.807) is 21.0 Å². The molecule has 0 unspecified atom stereocenters. The third-order valence-electron chi connectivity index (χ3n) is 5.16. The number of phenols is 1. The van der Waals surface area contributed by atoms with Gasteiger partial charge in [0.15, 0.2) is 5.78 Å². The lowest BCUT2D eigenvalue weighted by molar-refractivity contribution is 0.0227. The monoisotopic (exact) mass is 314 g/mol. The molecule has 0 saturated carbocycles. The zero-order chi connectivity index (χ0) is 17.1. The van der Waals surface area contributed by atoms with Crippen molar-refractivity contribution in [3.8, 4) is 11.5 Å². The fourth-order valence-electron chi connectivity index (χ4n) is 3.69. The number of benzene rings is 2. The van der Waals surface area contributed by atoms with Crippen molar-refractivity contribution in [2.75, 3.05) is 7.11 Å². The molecule has 0 amide bonds. The van der Waals surface area contributed by atoms with Crippen LogP contribution in [-0.4, -0.2) is 29.2 Å². The second-order valence-corrected chi connectivity index (χ2v) is 7.02. The van der Waals surface area contributed by atoms with Crippen LogP contribution in [0.3, 0.4) is 0 Å². The van der Waals surface area contributed by atoms with Gasteiger partial charge in [0.1, 0.15) is 11.5 Å².